The molecule has 32 heavy (non-hydrogen) atoms. The molecule has 0 saturated heterocycles. The molecule has 1 aliphatic heterocycles. The molecule has 1 aliphatic rings. The van der Waals surface area contributed by atoms with E-state index in [1.807, 2.05) is 30.3 Å². The molecular formula is C25H20N2O5. The van der Waals surface area contributed by atoms with Crippen molar-refractivity contribution in [1.82, 2.24) is 4.90 Å². The number of carbonyl (C=O) groups is 4. The molecule has 0 aliphatic carbocycles. The maximum Gasteiger partial charge on any atom is 0.309 e. The van der Waals surface area contributed by atoms with E-state index < -0.39 is 11.8 Å². The Hall–Kier alpha value is -4.26. The zero-order chi connectivity index (χ0) is 22.7. The minimum atomic E-state index is -0.421. The second-order valence-electron chi connectivity index (χ2n) is 7.35. The van der Waals surface area contributed by atoms with Gasteiger partial charge in [0.1, 0.15) is 0 Å². The van der Waals surface area contributed by atoms with Gasteiger partial charge in [-0.05, 0) is 41.5 Å². The lowest BCUT2D eigenvalue weighted by atomic mass is 10.1. The number of fused-ring (bicyclic) bond motifs is 1. The number of benzene rings is 3. The summed E-state index contributed by atoms with van der Waals surface area (Å²) in [7, 11) is 1.33. The lowest BCUT2D eigenvalue weighted by molar-refractivity contribution is -0.139. The fraction of sp³-hybridized carbons (Fsp3) is 0.120. The summed E-state index contributed by atoms with van der Waals surface area (Å²) in [4.78, 5) is 50.7. The third-order valence-electron chi connectivity index (χ3n) is 5.20. The maximum absolute atomic E-state index is 12.8. The minimum Gasteiger partial charge on any atom is -0.469 e. The number of carbonyl (C=O) groups excluding carboxylic acids is 4. The normalized spacial score (nSPS) is 12.5. The fourth-order valence-electron chi connectivity index (χ4n) is 3.49. The van der Waals surface area contributed by atoms with Crippen LogP contribution in [0.5, 0.6) is 0 Å². The molecule has 7 heteroatoms. The third-order valence-corrected chi connectivity index (χ3v) is 5.20. The number of rotatable bonds is 6. The molecular weight excluding hydrogens is 408 g/mol. The number of esters is 1. The van der Waals surface area contributed by atoms with E-state index in [1.165, 1.54) is 30.2 Å². The van der Waals surface area contributed by atoms with Crippen LogP contribution in [0.15, 0.2) is 72.8 Å². The van der Waals surface area contributed by atoms with Crippen LogP contribution >= 0.6 is 0 Å². The van der Waals surface area contributed by atoms with Crippen molar-refractivity contribution in [3.8, 4) is 0 Å². The highest BCUT2D eigenvalue weighted by Gasteiger charge is 2.36. The maximum atomic E-state index is 12.8. The standard InChI is InChI=1S/C25H20N2O5/c1-32-22(28)13-16-7-10-19(11-8-16)26-23(29)18-9-12-20-21(14-18)25(31)27(24(20)30)15-17-5-3-2-4-6-17/h2-12,14H,13,15H2,1H3,(H,26,29). The van der Waals surface area contributed by atoms with Crippen LogP contribution < -0.4 is 5.32 Å². The van der Waals surface area contributed by atoms with Gasteiger partial charge in [-0.1, -0.05) is 42.5 Å². The number of amides is 3. The highest BCUT2D eigenvalue weighted by atomic mass is 16.5. The van der Waals surface area contributed by atoms with Crippen molar-refractivity contribution >= 4 is 29.4 Å². The van der Waals surface area contributed by atoms with Gasteiger partial charge in [0.05, 0.1) is 31.2 Å². The molecule has 7 nitrogen and oxygen atoms in total. The molecule has 0 spiro atoms. The molecule has 0 radical (unpaired) electrons. The molecule has 3 aromatic rings. The van der Waals surface area contributed by atoms with Gasteiger partial charge >= 0.3 is 5.97 Å². The minimum absolute atomic E-state index is 0.144. The second kappa shape index (κ2) is 8.85. The largest absolute Gasteiger partial charge is 0.469 e. The van der Waals surface area contributed by atoms with Gasteiger partial charge in [-0.25, -0.2) is 0 Å². The van der Waals surface area contributed by atoms with Crippen LogP contribution in [-0.4, -0.2) is 35.7 Å². The summed E-state index contributed by atoms with van der Waals surface area (Å²) >= 11 is 0. The average molecular weight is 428 g/mol. The Balaban J connectivity index is 1.48. The van der Waals surface area contributed by atoms with Gasteiger partial charge < -0.3 is 10.1 Å². The van der Waals surface area contributed by atoms with Crippen LogP contribution in [0.2, 0.25) is 0 Å². The van der Waals surface area contributed by atoms with Crippen LogP contribution in [0.1, 0.15) is 42.2 Å². The SMILES string of the molecule is COC(=O)Cc1ccc(NC(=O)c2ccc3c(c2)C(=O)N(Cc2ccccc2)C3=O)cc1. The number of nitrogens with zero attached hydrogens (tertiary/aromatic N) is 1. The van der Waals surface area contributed by atoms with Crippen molar-refractivity contribution in [1.29, 1.82) is 0 Å². The van der Waals surface area contributed by atoms with Gasteiger partial charge in [0.2, 0.25) is 0 Å². The van der Waals surface area contributed by atoms with E-state index in [-0.39, 0.29) is 41.5 Å². The molecule has 0 aromatic heterocycles. The van der Waals surface area contributed by atoms with E-state index in [1.54, 1.807) is 24.3 Å². The zero-order valence-electron chi connectivity index (χ0n) is 17.3. The molecule has 0 unspecified atom stereocenters. The molecule has 0 atom stereocenters. The van der Waals surface area contributed by atoms with Gasteiger partial charge in [0.15, 0.2) is 0 Å². The van der Waals surface area contributed by atoms with Crippen molar-refractivity contribution in [3.63, 3.8) is 0 Å². The summed E-state index contributed by atoms with van der Waals surface area (Å²) in [5, 5.41) is 2.76. The van der Waals surface area contributed by atoms with E-state index in [0.717, 1.165) is 11.1 Å². The average Bonchev–Trinajstić information content (AvgIpc) is 3.05. The summed E-state index contributed by atoms with van der Waals surface area (Å²) in [6, 6.07) is 20.5. The first-order valence-corrected chi connectivity index (χ1v) is 9.97. The first kappa shape index (κ1) is 21.0. The number of anilines is 1. The van der Waals surface area contributed by atoms with Gasteiger partial charge in [-0.2, -0.15) is 0 Å². The van der Waals surface area contributed by atoms with Crippen molar-refractivity contribution in [2.45, 2.75) is 13.0 Å². The summed E-state index contributed by atoms with van der Waals surface area (Å²) < 4.78 is 4.64. The van der Waals surface area contributed by atoms with Crippen LogP contribution in [-0.2, 0) is 22.5 Å². The number of methoxy groups -OCH3 is 1. The summed E-state index contributed by atoms with van der Waals surface area (Å²) in [5.41, 5.74) is 2.91. The lowest BCUT2D eigenvalue weighted by Crippen LogP contribution is -2.29. The first-order valence-electron chi connectivity index (χ1n) is 9.97. The Morgan fingerprint density at radius 3 is 2.22 bits per heavy atom. The number of hydrogen-bond acceptors (Lipinski definition) is 5. The van der Waals surface area contributed by atoms with Crippen molar-refractivity contribution in [2.24, 2.45) is 0 Å². The number of nitrogens with one attached hydrogen (secondary N) is 1. The van der Waals surface area contributed by atoms with Crippen molar-refractivity contribution in [2.75, 3.05) is 12.4 Å². The Labute approximate surface area is 184 Å². The zero-order valence-corrected chi connectivity index (χ0v) is 17.3. The van der Waals surface area contributed by atoms with E-state index in [2.05, 4.69) is 10.1 Å². The molecule has 4 rings (SSSR count). The van der Waals surface area contributed by atoms with Gasteiger partial charge in [-0.15, -0.1) is 0 Å². The Morgan fingerprint density at radius 1 is 0.844 bits per heavy atom. The van der Waals surface area contributed by atoms with Gasteiger partial charge in [0.25, 0.3) is 17.7 Å². The smallest absolute Gasteiger partial charge is 0.309 e. The molecule has 3 aromatic carbocycles. The Bertz CT molecular complexity index is 1200. The molecule has 160 valence electrons. The monoisotopic (exact) mass is 428 g/mol. The van der Waals surface area contributed by atoms with Crippen LogP contribution in [0.25, 0.3) is 0 Å². The third kappa shape index (κ3) is 4.27. The number of ether oxygens (including phenoxy) is 1. The van der Waals surface area contributed by atoms with Crippen LogP contribution in [0, 0.1) is 0 Å². The van der Waals surface area contributed by atoms with Crippen molar-refractivity contribution < 1.29 is 23.9 Å². The molecule has 3 amide bonds. The number of hydrogen-bond donors (Lipinski definition) is 1. The van der Waals surface area contributed by atoms with Crippen LogP contribution in [0.3, 0.4) is 0 Å². The highest BCUT2D eigenvalue weighted by molar-refractivity contribution is 6.22. The quantitative estimate of drug-likeness (QED) is 0.480. The summed E-state index contributed by atoms with van der Waals surface area (Å²) in [5.74, 6) is -1.55. The Morgan fingerprint density at radius 2 is 1.53 bits per heavy atom. The topological polar surface area (TPSA) is 92.8 Å². The second-order valence-corrected chi connectivity index (χ2v) is 7.35. The summed E-state index contributed by atoms with van der Waals surface area (Å²) in [6.45, 7) is 0.173. The van der Waals surface area contributed by atoms with Crippen LogP contribution in [0.4, 0.5) is 5.69 Å². The number of imide groups is 1. The molecule has 0 bridgehead atoms. The summed E-state index contributed by atoms with van der Waals surface area (Å²) in [6.07, 6.45) is 0.144. The highest BCUT2D eigenvalue weighted by Crippen LogP contribution is 2.26. The van der Waals surface area contributed by atoms with E-state index in [9.17, 15) is 19.2 Å². The van der Waals surface area contributed by atoms with E-state index in [4.69, 9.17) is 0 Å². The fourth-order valence-corrected chi connectivity index (χ4v) is 3.49. The van der Waals surface area contributed by atoms with Gasteiger partial charge in [-0.3, -0.25) is 24.1 Å². The Kier molecular flexibility index (Phi) is 5.81. The molecule has 1 heterocycles. The predicted molar refractivity (Wildman–Crippen MR) is 117 cm³/mol. The first-order chi connectivity index (χ1) is 15.5. The van der Waals surface area contributed by atoms with Crippen molar-refractivity contribution in [3.05, 3.63) is 101 Å². The van der Waals surface area contributed by atoms with E-state index >= 15 is 0 Å². The molecule has 1 N–H and O–H groups in total. The predicted octanol–water partition coefficient (Wildman–Crippen LogP) is 3.45. The molecule has 0 saturated carbocycles. The molecule has 0 fully saturated rings. The van der Waals surface area contributed by atoms with Gasteiger partial charge in [0, 0.05) is 11.3 Å². The lowest BCUT2D eigenvalue weighted by Gasteiger charge is -2.13. The van der Waals surface area contributed by atoms with E-state index in [0.29, 0.717) is 5.69 Å².